The Balaban J connectivity index is 1.98. The predicted octanol–water partition coefficient (Wildman–Crippen LogP) is 3.00. The molecule has 1 amide bonds. The van der Waals surface area contributed by atoms with E-state index < -0.39 is 0 Å². The monoisotopic (exact) mass is 313 g/mol. The van der Waals surface area contributed by atoms with E-state index >= 15 is 0 Å². The van der Waals surface area contributed by atoms with Crippen molar-refractivity contribution < 1.29 is 4.79 Å². The van der Waals surface area contributed by atoms with E-state index in [1.54, 1.807) is 9.36 Å². The SMILES string of the molecule is Cc1c(NC(=O)C2(C)CCCC2)c(=O)n(-c2ccccc2)n1C. The Hall–Kier alpha value is -2.30. The number of nitrogens with one attached hydrogen (secondary N) is 1. The van der Waals surface area contributed by atoms with Crippen LogP contribution >= 0.6 is 0 Å². The third kappa shape index (κ3) is 2.60. The molecule has 1 heterocycles. The number of carbonyl (C=O) groups excluding carboxylic acids is 1. The van der Waals surface area contributed by atoms with E-state index in [9.17, 15) is 9.59 Å². The summed E-state index contributed by atoms with van der Waals surface area (Å²) in [7, 11) is 1.83. The molecular weight excluding hydrogens is 290 g/mol. The second kappa shape index (κ2) is 5.72. The number of benzene rings is 1. The summed E-state index contributed by atoms with van der Waals surface area (Å²) >= 11 is 0. The minimum atomic E-state index is -0.355. The first kappa shape index (κ1) is 15.6. The summed E-state index contributed by atoms with van der Waals surface area (Å²) < 4.78 is 3.37. The number of anilines is 1. The van der Waals surface area contributed by atoms with Gasteiger partial charge in [-0.25, -0.2) is 4.68 Å². The highest BCUT2D eigenvalue weighted by Crippen LogP contribution is 2.38. The predicted molar refractivity (Wildman–Crippen MR) is 91.0 cm³/mol. The highest BCUT2D eigenvalue weighted by molar-refractivity contribution is 5.95. The molecule has 0 unspecified atom stereocenters. The van der Waals surface area contributed by atoms with Gasteiger partial charge in [0.15, 0.2) is 0 Å². The lowest BCUT2D eigenvalue weighted by Crippen LogP contribution is -2.33. The van der Waals surface area contributed by atoms with E-state index in [1.165, 1.54) is 0 Å². The number of amides is 1. The Kier molecular flexibility index (Phi) is 3.88. The van der Waals surface area contributed by atoms with Crippen LogP contribution in [0.2, 0.25) is 0 Å². The molecule has 1 aromatic heterocycles. The van der Waals surface area contributed by atoms with Crippen molar-refractivity contribution in [2.75, 3.05) is 5.32 Å². The fourth-order valence-corrected chi connectivity index (χ4v) is 3.36. The number of hydrogen-bond acceptors (Lipinski definition) is 2. The van der Waals surface area contributed by atoms with Gasteiger partial charge in [-0.15, -0.1) is 0 Å². The second-order valence-corrected chi connectivity index (χ2v) is 6.66. The number of carbonyl (C=O) groups is 1. The van der Waals surface area contributed by atoms with Crippen molar-refractivity contribution in [2.24, 2.45) is 12.5 Å². The molecule has 1 saturated carbocycles. The van der Waals surface area contributed by atoms with Crippen molar-refractivity contribution in [1.82, 2.24) is 9.36 Å². The summed E-state index contributed by atoms with van der Waals surface area (Å²) in [4.78, 5) is 25.4. The molecular formula is C18H23N3O2. The quantitative estimate of drug-likeness (QED) is 0.947. The molecule has 3 rings (SSSR count). The molecule has 5 nitrogen and oxygen atoms in total. The van der Waals surface area contributed by atoms with Gasteiger partial charge in [0.1, 0.15) is 5.69 Å². The van der Waals surface area contributed by atoms with Crippen LogP contribution in [0.25, 0.3) is 5.69 Å². The van der Waals surface area contributed by atoms with E-state index in [1.807, 2.05) is 51.2 Å². The zero-order valence-electron chi connectivity index (χ0n) is 13.9. The van der Waals surface area contributed by atoms with Crippen LogP contribution in [-0.2, 0) is 11.8 Å². The molecule has 0 bridgehead atoms. The first-order valence-corrected chi connectivity index (χ1v) is 8.09. The summed E-state index contributed by atoms with van der Waals surface area (Å²) in [6.45, 7) is 3.84. The van der Waals surface area contributed by atoms with Gasteiger partial charge in [0.25, 0.3) is 5.56 Å². The maximum atomic E-state index is 12.8. The number of rotatable bonds is 3. The minimum absolute atomic E-state index is 0.0407. The minimum Gasteiger partial charge on any atom is -0.319 e. The van der Waals surface area contributed by atoms with Crippen LogP contribution in [0.1, 0.15) is 38.3 Å². The molecule has 1 aromatic carbocycles. The van der Waals surface area contributed by atoms with E-state index in [4.69, 9.17) is 0 Å². The van der Waals surface area contributed by atoms with Crippen LogP contribution in [0, 0.1) is 12.3 Å². The molecule has 1 aliphatic carbocycles. The van der Waals surface area contributed by atoms with Gasteiger partial charge in [0, 0.05) is 12.5 Å². The van der Waals surface area contributed by atoms with E-state index in [-0.39, 0.29) is 16.9 Å². The van der Waals surface area contributed by atoms with Gasteiger partial charge < -0.3 is 5.32 Å². The molecule has 0 saturated heterocycles. The third-order valence-corrected chi connectivity index (χ3v) is 5.05. The summed E-state index contributed by atoms with van der Waals surface area (Å²) in [5.74, 6) is -0.0407. The Morgan fingerprint density at radius 1 is 1.17 bits per heavy atom. The van der Waals surface area contributed by atoms with Crippen molar-refractivity contribution in [3.63, 3.8) is 0 Å². The van der Waals surface area contributed by atoms with Gasteiger partial charge in [-0.3, -0.25) is 14.3 Å². The van der Waals surface area contributed by atoms with Crippen molar-refractivity contribution in [3.8, 4) is 5.69 Å². The Morgan fingerprint density at radius 3 is 2.39 bits per heavy atom. The highest BCUT2D eigenvalue weighted by atomic mass is 16.2. The maximum Gasteiger partial charge on any atom is 0.295 e. The van der Waals surface area contributed by atoms with Crippen molar-refractivity contribution in [1.29, 1.82) is 0 Å². The lowest BCUT2D eigenvalue weighted by atomic mass is 9.88. The summed E-state index contributed by atoms with van der Waals surface area (Å²) in [5, 5.41) is 2.90. The smallest absolute Gasteiger partial charge is 0.295 e. The van der Waals surface area contributed by atoms with Crippen LogP contribution in [0.15, 0.2) is 35.1 Å². The zero-order valence-corrected chi connectivity index (χ0v) is 13.9. The molecule has 0 radical (unpaired) electrons. The van der Waals surface area contributed by atoms with Crippen molar-refractivity contribution in [2.45, 2.75) is 39.5 Å². The number of nitrogens with zero attached hydrogens (tertiary/aromatic N) is 2. The van der Waals surface area contributed by atoms with Crippen LogP contribution in [0.5, 0.6) is 0 Å². The van der Waals surface area contributed by atoms with Crippen molar-refractivity contribution >= 4 is 11.6 Å². The lowest BCUT2D eigenvalue weighted by molar-refractivity contribution is -0.124. The maximum absolute atomic E-state index is 12.8. The van der Waals surface area contributed by atoms with Gasteiger partial charge >= 0.3 is 0 Å². The molecule has 0 aliphatic heterocycles. The average Bonchev–Trinajstić information content (AvgIpc) is 3.07. The van der Waals surface area contributed by atoms with Crippen LogP contribution in [-0.4, -0.2) is 15.3 Å². The fourth-order valence-electron chi connectivity index (χ4n) is 3.36. The van der Waals surface area contributed by atoms with Crippen LogP contribution in [0.4, 0.5) is 5.69 Å². The third-order valence-electron chi connectivity index (χ3n) is 5.05. The molecule has 122 valence electrons. The zero-order chi connectivity index (χ0) is 16.6. The first-order valence-electron chi connectivity index (χ1n) is 8.09. The Labute approximate surface area is 135 Å². The molecule has 0 spiro atoms. The molecule has 0 atom stereocenters. The van der Waals surface area contributed by atoms with Crippen molar-refractivity contribution in [3.05, 3.63) is 46.4 Å². The Bertz CT molecular complexity index is 781. The van der Waals surface area contributed by atoms with Gasteiger partial charge in [-0.05, 0) is 31.9 Å². The molecule has 1 N–H and O–H groups in total. The van der Waals surface area contributed by atoms with Gasteiger partial charge in [-0.1, -0.05) is 38.0 Å². The molecule has 23 heavy (non-hydrogen) atoms. The average molecular weight is 313 g/mol. The number of hydrogen-bond donors (Lipinski definition) is 1. The van der Waals surface area contributed by atoms with Gasteiger partial charge in [-0.2, -0.15) is 0 Å². The molecule has 5 heteroatoms. The second-order valence-electron chi connectivity index (χ2n) is 6.66. The topological polar surface area (TPSA) is 56.0 Å². The van der Waals surface area contributed by atoms with Gasteiger partial charge in [0.05, 0.1) is 11.4 Å². The standard InChI is InChI=1S/C18H23N3O2/c1-13-15(19-17(23)18(2)11-7-8-12-18)16(22)21(20(13)3)14-9-5-4-6-10-14/h4-6,9-10H,7-8,11-12H2,1-3H3,(H,19,23). The number of aromatic nitrogens is 2. The largest absolute Gasteiger partial charge is 0.319 e. The normalized spacial score (nSPS) is 16.5. The lowest BCUT2D eigenvalue weighted by Gasteiger charge is -2.21. The van der Waals surface area contributed by atoms with Gasteiger partial charge in [0.2, 0.25) is 5.91 Å². The Morgan fingerprint density at radius 2 is 1.78 bits per heavy atom. The van der Waals surface area contributed by atoms with E-state index in [2.05, 4.69) is 5.32 Å². The van der Waals surface area contributed by atoms with E-state index in [0.29, 0.717) is 5.69 Å². The van der Waals surface area contributed by atoms with E-state index in [0.717, 1.165) is 37.1 Å². The molecule has 2 aromatic rings. The summed E-state index contributed by atoms with van der Waals surface area (Å²) in [6.07, 6.45) is 3.92. The summed E-state index contributed by atoms with van der Waals surface area (Å²) in [6, 6.07) is 9.45. The molecule has 1 fully saturated rings. The highest BCUT2D eigenvalue weighted by Gasteiger charge is 2.37. The first-order chi connectivity index (χ1) is 10.9. The summed E-state index contributed by atoms with van der Waals surface area (Å²) in [5.41, 5.74) is 1.39. The van der Waals surface area contributed by atoms with Crippen LogP contribution < -0.4 is 10.9 Å². The molecule has 1 aliphatic rings. The fraction of sp³-hybridized carbons (Fsp3) is 0.444. The number of para-hydroxylation sites is 1. The van der Waals surface area contributed by atoms with Crippen LogP contribution in [0.3, 0.4) is 0 Å².